The first-order chi connectivity index (χ1) is 12.1. The highest BCUT2D eigenvalue weighted by atomic mass is 35.5. The summed E-state index contributed by atoms with van der Waals surface area (Å²) >= 11 is 13.6. The number of hydrogen-bond donors (Lipinski definition) is 1. The predicted molar refractivity (Wildman–Crippen MR) is 101 cm³/mol. The largest absolute Gasteiger partial charge is 0.480 e. The van der Waals surface area contributed by atoms with Gasteiger partial charge in [0, 0.05) is 6.07 Å². The molecular formula is C18H14Cl2N2O2S. The molecule has 0 aliphatic heterocycles. The van der Waals surface area contributed by atoms with Gasteiger partial charge in [0.2, 0.25) is 5.88 Å². The molecule has 0 bridgehead atoms. The number of benzene rings is 2. The van der Waals surface area contributed by atoms with E-state index in [-0.39, 0.29) is 5.91 Å². The van der Waals surface area contributed by atoms with Crippen LogP contribution in [0.3, 0.4) is 0 Å². The average Bonchev–Trinajstić information content (AvgIpc) is 3.12. The summed E-state index contributed by atoms with van der Waals surface area (Å²) in [4.78, 5) is 13.1. The summed E-state index contributed by atoms with van der Waals surface area (Å²) in [5.74, 6) is 0.151. The summed E-state index contributed by atoms with van der Waals surface area (Å²) < 4.78 is 9.09. The number of rotatable bonds is 5. The molecule has 0 saturated carbocycles. The van der Waals surface area contributed by atoms with Crippen molar-refractivity contribution < 1.29 is 9.53 Å². The zero-order valence-electron chi connectivity index (χ0n) is 13.2. The number of nitrogens with one attached hydrogen (secondary N) is 1. The standard InChI is InChI=1S/C18H14Cl2N2O2S/c1-24-15-10-14(25-22-15)18(23)21-17(11-6-3-2-4-7-11)12-8-5-9-13(19)16(12)20/h2-10,17H,1H3,(H,21,23). The molecule has 4 nitrogen and oxygen atoms in total. The summed E-state index contributed by atoms with van der Waals surface area (Å²) in [5.41, 5.74) is 1.63. The van der Waals surface area contributed by atoms with Gasteiger partial charge in [0.15, 0.2) is 0 Å². The molecule has 2 aromatic carbocycles. The van der Waals surface area contributed by atoms with Crippen molar-refractivity contribution in [2.24, 2.45) is 0 Å². The third kappa shape index (κ3) is 3.95. The van der Waals surface area contributed by atoms with Gasteiger partial charge in [0.25, 0.3) is 5.91 Å². The summed E-state index contributed by atoms with van der Waals surface area (Å²) in [5, 5.41) is 3.86. The van der Waals surface area contributed by atoms with Crippen molar-refractivity contribution in [3.05, 3.63) is 80.6 Å². The van der Waals surface area contributed by atoms with Crippen LogP contribution < -0.4 is 10.1 Å². The second-order valence-electron chi connectivity index (χ2n) is 5.19. The molecule has 1 heterocycles. The van der Waals surface area contributed by atoms with Gasteiger partial charge < -0.3 is 10.1 Å². The molecule has 0 aliphatic carbocycles. The van der Waals surface area contributed by atoms with Gasteiger partial charge in [-0.2, -0.15) is 4.37 Å². The van der Waals surface area contributed by atoms with E-state index in [9.17, 15) is 4.79 Å². The molecule has 3 rings (SSSR count). The molecular weight excluding hydrogens is 379 g/mol. The van der Waals surface area contributed by atoms with Crippen molar-refractivity contribution in [3.63, 3.8) is 0 Å². The number of ether oxygens (including phenoxy) is 1. The molecule has 0 fully saturated rings. The van der Waals surface area contributed by atoms with Crippen molar-refractivity contribution in [2.45, 2.75) is 6.04 Å². The second-order valence-corrected chi connectivity index (χ2v) is 6.78. The minimum atomic E-state index is -0.437. The molecule has 7 heteroatoms. The van der Waals surface area contributed by atoms with Crippen molar-refractivity contribution in [1.82, 2.24) is 9.69 Å². The lowest BCUT2D eigenvalue weighted by Crippen LogP contribution is -2.29. The number of hydrogen-bond acceptors (Lipinski definition) is 4. The smallest absolute Gasteiger partial charge is 0.263 e. The van der Waals surface area contributed by atoms with Gasteiger partial charge in [-0.05, 0) is 28.7 Å². The Hall–Kier alpha value is -2.08. The van der Waals surface area contributed by atoms with Crippen LogP contribution in [0.4, 0.5) is 0 Å². The van der Waals surface area contributed by atoms with Crippen LogP contribution in [0.5, 0.6) is 5.88 Å². The van der Waals surface area contributed by atoms with E-state index in [0.717, 1.165) is 22.7 Å². The third-order valence-corrected chi connectivity index (χ3v) is 5.23. The van der Waals surface area contributed by atoms with E-state index in [2.05, 4.69) is 9.69 Å². The Labute approximate surface area is 159 Å². The maximum atomic E-state index is 12.7. The molecule has 0 radical (unpaired) electrons. The van der Waals surface area contributed by atoms with E-state index in [1.165, 1.54) is 7.11 Å². The molecule has 1 aromatic heterocycles. The van der Waals surface area contributed by atoms with Crippen LogP contribution in [0, 0.1) is 0 Å². The van der Waals surface area contributed by atoms with Crippen LogP contribution in [0.1, 0.15) is 26.8 Å². The van der Waals surface area contributed by atoms with Gasteiger partial charge >= 0.3 is 0 Å². The van der Waals surface area contributed by atoms with E-state index < -0.39 is 6.04 Å². The van der Waals surface area contributed by atoms with Crippen LogP contribution >= 0.6 is 34.7 Å². The maximum absolute atomic E-state index is 12.7. The maximum Gasteiger partial charge on any atom is 0.263 e. The average molecular weight is 393 g/mol. The minimum absolute atomic E-state index is 0.259. The fourth-order valence-electron chi connectivity index (χ4n) is 2.39. The van der Waals surface area contributed by atoms with E-state index in [4.69, 9.17) is 27.9 Å². The lowest BCUT2D eigenvalue weighted by molar-refractivity contribution is 0.0947. The molecule has 0 saturated heterocycles. The summed E-state index contributed by atoms with van der Waals surface area (Å²) in [6.07, 6.45) is 0. The Bertz CT molecular complexity index is 884. The first kappa shape index (κ1) is 17.7. The second kappa shape index (κ2) is 7.87. The highest BCUT2D eigenvalue weighted by Gasteiger charge is 2.22. The van der Waals surface area contributed by atoms with Crippen LogP contribution in [0.2, 0.25) is 10.0 Å². The number of aromatic nitrogens is 1. The van der Waals surface area contributed by atoms with Crippen LogP contribution in [0.15, 0.2) is 54.6 Å². The monoisotopic (exact) mass is 392 g/mol. The quantitative estimate of drug-likeness (QED) is 0.665. The normalized spacial score (nSPS) is 11.8. The lowest BCUT2D eigenvalue weighted by atomic mass is 9.98. The number of carbonyl (C=O) groups excluding carboxylic acids is 1. The number of amides is 1. The highest BCUT2D eigenvalue weighted by molar-refractivity contribution is 7.08. The zero-order valence-corrected chi connectivity index (χ0v) is 15.5. The zero-order chi connectivity index (χ0) is 17.8. The van der Waals surface area contributed by atoms with Gasteiger partial charge in [0.05, 0.1) is 23.2 Å². The molecule has 1 unspecified atom stereocenters. The predicted octanol–water partition coefficient (Wildman–Crippen LogP) is 4.98. The van der Waals surface area contributed by atoms with E-state index in [0.29, 0.717) is 20.8 Å². The van der Waals surface area contributed by atoms with E-state index >= 15 is 0 Å². The first-order valence-corrected chi connectivity index (χ1v) is 8.93. The first-order valence-electron chi connectivity index (χ1n) is 7.40. The van der Waals surface area contributed by atoms with E-state index in [1.54, 1.807) is 18.2 Å². The van der Waals surface area contributed by atoms with E-state index in [1.807, 2.05) is 36.4 Å². The number of halogens is 2. The van der Waals surface area contributed by atoms with Crippen molar-refractivity contribution in [2.75, 3.05) is 7.11 Å². The molecule has 3 aromatic rings. The Morgan fingerprint density at radius 1 is 1.16 bits per heavy atom. The minimum Gasteiger partial charge on any atom is -0.480 e. The summed E-state index contributed by atoms with van der Waals surface area (Å²) in [6, 6.07) is 16.1. The third-order valence-electron chi connectivity index (χ3n) is 3.62. The number of nitrogens with zero attached hydrogens (tertiary/aromatic N) is 1. The van der Waals surface area contributed by atoms with Crippen molar-refractivity contribution in [1.29, 1.82) is 0 Å². The number of methoxy groups -OCH3 is 1. The molecule has 1 amide bonds. The molecule has 25 heavy (non-hydrogen) atoms. The Morgan fingerprint density at radius 3 is 2.60 bits per heavy atom. The molecule has 1 atom stereocenters. The molecule has 0 spiro atoms. The van der Waals surface area contributed by atoms with Crippen LogP contribution in [-0.2, 0) is 0 Å². The van der Waals surface area contributed by atoms with Gasteiger partial charge in [-0.15, -0.1) is 0 Å². The fraction of sp³-hybridized carbons (Fsp3) is 0.111. The SMILES string of the molecule is COc1cc(C(=O)NC(c2ccccc2)c2cccc(Cl)c2Cl)sn1. The van der Waals surface area contributed by atoms with Crippen molar-refractivity contribution >= 4 is 40.6 Å². The summed E-state index contributed by atoms with van der Waals surface area (Å²) in [6.45, 7) is 0. The van der Waals surface area contributed by atoms with Gasteiger partial charge in [-0.3, -0.25) is 4.79 Å². The van der Waals surface area contributed by atoms with Gasteiger partial charge in [0.1, 0.15) is 4.88 Å². The topological polar surface area (TPSA) is 51.2 Å². The van der Waals surface area contributed by atoms with Crippen molar-refractivity contribution in [3.8, 4) is 5.88 Å². The van der Waals surface area contributed by atoms with Crippen LogP contribution in [0.25, 0.3) is 0 Å². The molecule has 128 valence electrons. The van der Waals surface area contributed by atoms with Crippen LogP contribution in [-0.4, -0.2) is 17.4 Å². The number of carbonyl (C=O) groups is 1. The Morgan fingerprint density at radius 2 is 1.92 bits per heavy atom. The fourth-order valence-corrected chi connectivity index (χ4v) is 3.42. The highest BCUT2D eigenvalue weighted by Crippen LogP contribution is 2.33. The Kier molecular flexibility index (Phi) is 5.58. The van der Waals surface area contributed by atoms with Gasteiger partial charge in [-0.25, -0.2) is 0 Å². The summed E-state index contributed by atoms with van der Waals surface area (Å²) in [7, 11) is 1.51. The van der Waals surface area contributed by atoms with Gasteiger partial charge in [-0.1, -0.05) is 65.7 Å². The Balaban J connectivity index is 1.97. The molecule has 0 aliphatic rings. The lowest BCUT2D eigenvalue weighted by Gasteiger charge is -2.21. The molecule has 1 N–H and O–H groups in total.